The van der Waals surface area contributed by atoms with E-state index in [1.54, 1.807) is 0 Å². The SMILES string of the molecule is BrC1CCCCC(C2CCCC2)C1. The third-order valence-corrected chi connectivity index (χ3v) is 4.80. The van der Waals surface area contributed by atoms with Crippen molar-refractivity contribution in [1.29, 1.82) is 0 Å². The highest BCUT2D eigenvalue weighted by Crippen LogP contribution is 2.39. The molecule has 0 aromatic heterocycles. The van der Waals surface area contributed by atoms with Crippen LogP contribution >= 0.6 is 15.9 Å². The van der Waals surface area contributed by atoms with Crippen molar-refractivity contribution in [1.82, 2.24) is 0 Å². The molecule has 13 heavy (non-hydrogen) atoms. The third kappa shape index (κ3) is 2.71. The van der Waals surface area contributed by atoms with Crippen LogP contribution in [0.3, 0.4) is 0 Å². The molecule has 0 aliphatic heterocycles. The van der Waals surface area contributed by atoms with Crippen molar-refractivity contribution >= 4 is 15.9 Å². The largest absolute Gasteiger partial charge is 0.0891 e. The fourth-order valence-corrected chi connectivity index (χ4v) is 4.00. The second-order valence-corrected chi connectivity index (χ2v) is 6.22. The average molecular weight is 245 g/mol. The zero-order chi connectivity index (χ0) is 9.10. The van der Waals surface area contributed by atoms with E-state index in [1.807, 2.05) is 0 Å². The summed E-state index contributed by atoms with van der Waals surface area (Å²) in [6.45, 7) is 0. The molecule has 0 aromatic carbocycles. The van der Waals surface area contributed by atoms with Crippen LogP contribution in [0.4, 0.5) is 0 Å². The maximum atomic E-state index is 3.83. The molecule has 1 heteroatoms. The van der Waals surface area contributed by atoms with E-state index < -0.39 is 0 Å². The Hall–Kier alpha value is 0.480. The molecule has 0 aromatic rings. The summed E-state index contributed by atoms with van der Waals surface area (Å²) >= 11 is 3.83. The predicted molar refractivity (Wildman–Crippen MR) is 61.2 cm³/mol. The first-order valence-corrected chi connectivity index (χ1v) is 6.92. The average Bonchev–Trinajstić information content (AvgIpc) is 2.56. The van der Waals surface area contributed by atoms with Crippen molar-refractivity contribution in [3.8, 4) is 0 Å². The summed E-state index contributed by atoms with van der Waals surface area (Å²) in [7, 11) is 0. The van der Waals surface area contributed by atoms with Crippen LogP contribution in [0.25, 0.3) is 0 Å². The minimum Gasteiger partial charge on any atom is -0.0891 e. The summed E-state index contributed by atoms with van der Waals surface area (Å²) in [5.41, 5.74) is 0. The van der Waals surface area contributed by atoms with Gasteiger partial charge in [-0.2, -0.15) is 0 Å². The molecule has 0 radical (unpaired) electrons. The Morgan fingerprint density at radius 2 is 1.23 bits per heavy atom. The van der Waals surface area contributed by atoms with Crippen LogP contribution < -0.4 is 0 Å². The molecule has 76 valence electrons. The van der Waals surface area contributed by atoms with Gasteiger partial charge in [0, 0.05) is 4.83 Å². The molecule has 2 atom stereocenters. The second kappa shape index (κ2) is 4.82. The van der Waals surface area contributed by atoms with Crippen LogP contribution in [0.1, 0.15) is 57.8 Å². The lowest BCUT2D eigenvalue weighted by Gasteiger charge is -2.22. The Bertz CT molecular complexity index is 149. The van der Waals surface area contributed by atoms with Crippen LogP contribution in [0, 0.1) is 11.8 Å². The highest BCUT2D eigenvalue weighted by molar-refractivity contribution is 9.09. The monoisotopic (exact) mass is 244 g/mol. The maximum absolute atomic E-state index is 3.83. The molecule has 0 nitrogen and oxygen atoms in total. The van der Waals surface area contributed by atoms with E-state index in [0.717, 1.165) is 16.7 Å². The molecule has 2 fully saturated rings. The highest BCUT2D eigenvalue weighted by Gasteiger charge is 2.27. The summed E-state index contributed by atoms with van der Waals surface area (Å²) in [5.74, 6) is 2.16. The quantitative estimate of drug-likeness (QED) is 0.470. The third-order valence-electron chi connectivity index (χ3n) is 3.97. The van der Waals surface area contributed by atoms with E-state index in [9.17, 15) is 0 Å². The lowest BCUT2D eigenvalue weighted by Crippen LogP contribution is -2.14. The summed E-state index contributed by atoms with van der Waals surface area (Å²) in [6.07, 6.45) is 13.4. The van der Waals surface area contributed by atoms with Gasteiger partial charge in [-0.3, -0.25) is 0 Å². The van der Waals surface area contributed by atoms with Gasteiger partial charge in [0.2, 0.25) is 0 Å². The number of alkyl halides is 1. The van der Waals surface area contributed by atoms with Crippen molar-refractivity contribution in [3.63, 3.8) is 0 Å². The summed E-state index contributed by atoms with van der Waals surface area (Å²) in [6, 6.07) is 0. The van der Waals surface area contributed by atoms with E-state index in [2.05, 4.69) is 15.9 Å². The molecule has 2 aliphatic carbocycles. The van der Waals surface area contributed by atoms with Gasteiger partial charge in [-0.25, -0.2) is 0 Å². The summed E-state index contributed by atoms with van der Waals surface area (Å²) < 4.78 is 0. The first kappa shape index (κ1) is 10.0. The van der Waals surface area contributed by atoms with E-state index >= 15 is 0 Å². The van der Waals surface area contributed by atoms with Gasteiger partial charge in [0.15, 0.2) is 0 Å². The normalized spacial score (nSPS) is 37.6. The topological polar surface area (TPSA) is 0 Å². The van der Waals surface area contributed by atoms with E-state index in [4.69, 9.17) is 0 Å². The van der Waals surface area contributed by atoms with Gasteiger partial charge in [-0.05, 0) is 24.7 Å². The molecule has 2 saturated carbocycles. The number of hydrogen-bond acceptors (Lipinski definition) is 0. The Morgan fingerprint density at radius 1 is 0.692 bits per heavy atom. The number of hydrogen-bond donors (Lipinski definition) is 0. The van der Waals surface area contributed by atoms with Crippen LogP contribution in [-0.4, -0.2) is 4.83 Å². The first-order valence-electron chi connectivity index (χ1n) is 6.00. The van der Waals surface area contributed by atoms with Gasteiger partial charge >= 0.3 is 0 Å². The fourth-order valence-electron chi connectivity index (χ4n) is 3.19. The van der Waals surface area contributed by atoms with Gasteiger partial charge in [-0.1, -0.05) is 60.9 Å². The molecule has 0 N–H and O–H groups in total. The Balaban J connectivity index is 1.88. The minimum absolute atomic E-state index is 0.834. The minimum atomic E-state index is 0.834. The Kier molecular flexibility index (Phi) is 3.71. The van der Waals surface area contributed by atoms with Crippen LogP contribution in [0.2, 0.25) is 0 Å². The molecule has 0 saturated heterocycles. The first-order chi connectivity index (χ1) is 6.36. The van der Waals surface area contributed by atoms with Crippen molar-refractivity contribution in [2.24, 2.45) is 11.8 Å². The van der Waals surface area contributed by atoms with Crippen molar-refractivity contribution in [2.75, 3.05) is 0 Å². The van der Waals surface area contributed by atoms with Gasteiger partial charge in [0.05, 0.1) is 0 Å². The summed E-state index contributed by atoms with van der Waals surface area (Å²) in [5, 5.41) is 0. The van der Waals surface area contributed by atoms with Gasteiger partial charge in [0.25, 0.3) is 0 Å². The molecule has 2 aliphatic rings. The lowest BCUT2D eigenvalue weighted by atomic mass is 9.85. The van der Waals surface area contributed by atoms with E-state index in [0.29, 0.717) is 0 Å². The number of rotatable bonds is 1. The van der Waals surface area contributed by atoms with Gasteiger partial charge < -0.3 is 0 Å². The lowest BCUT2D eigenvalue weighted by molar-refractivity contribution is 0.307. The molecule has 2 unspecified atom stereocenters. The van der Waals surface area contributed by atoms with E-state index in [-0.39, 0.29) is 0 Å². The number of halogens is 1. The standard InChI is InChI=1S/C12H21Br/c13-12-8-4-3-7-11(9-12)10-5-1-2-6-10/h10-12H,1-9H2. The molecular weight excluding hydrogens is 224 g/mol. The molecular formula is C12H21Br. The summed E-state index contributed by atoms with van der Waals surface area (Å²) in [4.78, 5) is 0.834. The smallest absolute Gasteiger partial charge is 0.0148 e. The second-order valence-electron chi connectivity index (χ2n) is 4.92. The zero-order valence-electron chi connectivity index (χ0n) is 8.47. The van der Waals surface area contributed by atoms with Crippen LogP contribution in [0.5, 0.6) is 0 Å². The van der Waals surface area contributed by atoms with Gasteiger partial charge in [0.1, 0.15) is 0 Å². The fraction of sp³-hybridized carbons (Fsp3) is 1.00. The molecule has 0 spiro atoms. The highest BCUT2D eigenvalue weighted by atomic mass is 79.9. The van der Waals surface area contributed by atoms with Crippen molar-refractivity contribution < 1.29 is 0 Å². The van der Waals surface area contributed by atoms with Crippen LogP contribution in [0.15, 0.2) is 0 Å². The molecule has 0 bridgehead atoms. The van der Waals surface area contributed by atoms with E-state index in [1.165, 1.54) is 57.8 Å². The molecule has 0 heterocycles. The van der Waals surface area contributed by atoms with Gasteiger partial charge in [-0.15, -0.1) is 0 Å². The van der Waals surface area contributed by atoms with Crippen molar-refractivity contribution in [2.45, 2.75) is 62.6 Å². The van der Waals surface area contributed by atoms with Crippen molar-refractivity contribution in [3.05, 3.63) is 0 Å². The maximum Gasteiger partial charge on any atom is 0.0148 e. The predicted octanol–water partition coefficient (Wildman–Crippen LogP) is 4.52. The Labute approximate surface area is 90.6 Å². The molecule has 2 rings (SSSR count). The van der Waals surface area contributed by atoms with Crippen LogP contribution in [-0.2, 0) is 0 Å². The zero-order valence-corrected chi connectivity index (χ0v) is 10.1. The Morgan fingerprint density at radius 3 is 1.92 bits per heavy atom. The molecule has 0 amide bonds.